The highest BCUT2D eigenvalue weighted by molar-refractivity contribution is 5.10. The summed E-state index contributed by atoms with van der Waals surface area (Å²) in [6, 6.07) is 0. The third kappa shape index (κ3) is 7.25. The Kier molecular flexibility index (Phi) is 9.23. The van der Waals surface area contributed by atoms with Gasteiger partial charge < -0.3 is 14.6 Å². The first-order chi connectivity index (χ1) is 16.0. The molecule has 5 nitrogen and oxygen atoms in total. The number of aliphatic hydroxyl groups excluding tert-OH is 1. The van der Waals surface area contributed by atoms with Crippen LogP contribution in [0.25, 0.3) is 0 Å². The first-order valence-electron chi connectivity index (χ1n) is 13.4. The molecule has 1 aliphatic heterocycles. The van der Waals surface area contributed by atoms with Crippen LogP contribution < -0.4 is 0 Å². The lowest BCUT2D eigenvalue weighted by Crippen LogP contribution is -2.32. The number of aliphatic hydroxyl groups is 1. The van der Waals surface area contributed by atoms with Gasteiger partial charge in [-0.15, -0.1) is 0 Å². The van der Waals surface area contributed by atoms with Gasteiger partial charge in [0.2, 0.25) is 0 Å². The molecule has 33 heavy (non-hydrogen) atoms. The molecule has 0 aromatic heterocycles. The third-order valence-corrected chi connectivity index (χ3v) is 7.60. The minimum absolute atomic E-state index is 0.00904. The molecule has 0 spiro atoms. The zero-order chi connectivity index (χ0) is 23.1. The molecule has 3 aliphatic carbocycles. The number of rotatable bonds is 5. The summed E-state index contributed by atoms with van der Waals surface area (Å²) in [5, 5.41) is 10.4. The molecule has 186 valence electrons. The van der Waals surface area contributed by atoms with Crippen LogP contribution in [-0.4, -0.2) is 41.4 Å². The SMILES string of the molecule is CC1/C=C(\CC2(C)OC3CC/C=C/CCC3O2)CCCCC1OOC1/C=C/CCCCC1O. The van der Waals surface area contributed by atoms with E-state index >= 15 is 0 Å². The number of ether oxygens (including phenoxy) is 2. The molecule has 0 aromatic carbocycles. The summed E-state index contributed by atoms with van der Waals surface area (Å²) in [5.74, 6) is -0.303. The lowest BCUT2D eigenvalue weighted by molar-refractivity contribution is -0.359. The van der Waals surface area contributed by atoms with Gasteiger partial charge in [-0.2, -0.15) is 0 Å². The minimum atomic E-state index is -0.537. The standard InChI is InChI=1S/C28H44O5/c1-21-19-22(20-28(2)30-26-17-9-5-6-10-18-27(26)31-28)13-11-12-15-24(21)32-33-25-16-8-4-3-7-14-23(25)29/h5-6,8,16,19,21,23-27,29H,3-4,7,9-15,17-18,20H2,1-2H3/b6-5+,16-8+,22-19-. The molecular formula is C28H44O5. The maximum Gasteiger partial charge on any atom is 0.170 e. The van der Waals surface area contributed by atoms with Crippen molar-refractivity contribution in [2.45, 2.75) is 134 Å². The van der Waals surface area contributed by atoms with Crippen LogP contribution in [0.1, 0.15) is 97.3 Å². The number of allylic oxidation sites excluding steroid dienone is 3. The summed E-state index contributed by atoms with van der Waals surface area (Å²) in [5.41, 5.74) is 1.40. The average Bonchev–Trinajstić information content (AvgIpc) is 3.05. The van der Waals surface area contributed by atoms with E-state index in [2.05, 4.69) is 38.2 Å². The zero-order valence-electron chi connectivity index (χ0n) is 20.6. The predicted octanol–water partition coefficient (Wildman–Crippen LogP) is 6.32. The van der Waals surface area contributed by atoms with E-state index < -0.39 is 11.9 Å². The highest BCUT2D eigenvalue weighted by atomic mass is 17.2. The van der Waals surface area contributed by atoms with E-state index in [-0.39, 0.29) is 30.3 Å². The number of hydrogen-bond acceptors (Lipinski definition) is 5. The maximum atomic E-state index is 10.4. The Hall–Kier alpha value is -0.980. The lowest BCUT2D eigenvalue weighted by Gasteiger charge is -2.30. The first kappa shape index (κ1) is 25.1. The molecule has 0 amide bonds. The van der Waals surface area contributed by atoms with Crippen molar-refractivity contribution in [2.75, 3.05) is 0 Å². The van der Waals surface area contributed by atoms with Gasteiger partial charge in [0.25, 0.3) is 0 Å². The maximum absolute atomic E-state index is 10.4. The van der Waals surface area contributed by atoms with E-state index in [9.17, 15) is 5.11 Å². The molecule has 1 N–H and O–H groups in total. The quantitative estimate of drug-likeness (QED) is 0.296. The summed E-state index contributed by atoms with van der Waals surface area (Å²) >= 11 is 0. The second-order valence-electron chi connectivity index (χ2n) is 10.7. The molecule has 4 rings (SSSR count). The number of hydrogen-bond donors (Lipinski definition) is 1. The Balaban J connectivity index is 1.35. The zero-order valence-corrected chi connectivity index (χ0v) is 20.6. The largest absolute Gasteiger partial charge is 0.390 e. The van der Waals surface area contributed by atoms with Crippen molar-refractivity contribution in [1.82, 2.24) is 0 Å². The molecule has 1 saturated heterocycles. The second-order valence-corrected chi connectivity index (χ2v) is 10.7. The second kappa shape index (κ2) is 12.1. The third-order valence-electron chi connectivity index (χ3n) is 7.60. The van der Waals surface area contributed by atoms with Crippen LogP contribution in [0, 0.1) is 5.92 Å². The van der Waals surface area contributed by atoms with Crippen LogP contribution in [0.15, 0.2) is 36.0 Å². The Morgan fingerprint density at radius 3 is 2.39 bits per heavy atom. The molecule has 0 saturated carbocycles. The molecular weight excluding hydrogens is 416 g/mol. The van der Waals surface area contributed by atoms with E-state index in [4.69, 9.17) is 19.2 Å². The Morgan fingerprint density at radius 2 is 1.64 bits per heavy atom. The van der Waals surface area contributed by atoms with Crippen molar-refractivity contribution in [3.8, 4) is 0 Å². The van der Waals surface area contributed by atoms with Crippen molar-refractivity contribution in [3.63, 3.8) is 0 Å². The Bertz CT molecular complexity index is 680. The highest BCUT2D eigenvalue weighted by Crippen LogP contribution is 2.40. The first-order valence-corrected chi connectivity index (χ1v) is 13.4. The van der Waals surface area contributed by atoms with E-state index in [1.165, 1.54) is 5.57 Å². The molecule has 6 unspecified atom stereocenters. The van der Waals surface area contributed by atoms with Crippen LogP contribution in [0.3, 0.4) is 0 Å². The number of fused-ring (bicyclic) bond motifs is 1. The van der Waals surface area contributed by atoms with Crippen LogP contribution in [-0.2, 0) is 19.2 Å². The predicted molar refractivity (Wildman–Crippen MR) is 129 cm³/mol. The molecule has 5 heteroatoms. The Labute approximate surface area is 200 Å². The van der Waals surface area contributed by atoms with Crippen molar-refractivity contribution in [2.24, 2.45) is 5.92 Å². The van der Waals surface area contributed by atoms with Crippen LogP contribution in [0.4, 0.5) is 0 Å². The van der Waals surface area contributed by atoms with Gasteiger partial charge in [0.1, 0.15) is 6.10 Å². The Morgan fingerprint density at radius 1 is 0.909 bits per heavy atom. The summed E-state index contributed by atoms with van der Waals surface area (Å²) in [6.07, 6.45) is 23.8. The normalized spacial score (nSPS) is 44.0. The van der Waals surface area contributed by atoms with Crippen LogP contribution in [0.2, 0.25) is 0 Å². The molecule has 1 fully saturated rings. The fourth-order valence-corrected chi connectivity index (χ4v) is 5.74. The summed E-state index contributed by atoms with van der Waals surface area (Å²) < 4.78 is 13.0. The van der Waals surface area contributed by atoms with Gasteiger partial charge in [0.15, 0.2) is 5.79 Å². The van der Waals surface area contributed by atoms with E-state index in [1.54, 1.807) is 0 Å². The van der Waals surface area contributed by atoms with Crippen molar-refractivity contribution < 1.29 is 24.4 Å². The molecule has 0 radical (unpaired) electrons. The molecule has 4 aliphatic rings. The van der Waals surface area contributed by atoms with Crippen LogP contribution in [0.5, 0.6) is 0 Å². The minimum Gasteiger partial charge on any atom is -0.390 e. The van der Waals surface area contributed by atoms with Gasteiger partial charge in [0, 0.05) is 12.3 Å². The molecule has 0 aromatic rings. The smallest absolute Gasteiger partial charge is 0.170 e. The summed E-state index contributed by atoms with van der Waals surface area (Å²) in [4.78, 5) is 11.8. The lowest BCUT2D eigenvalue weighted by atomic mass is 9.89. The van der Waals surface area contributed by atoms with E-state index in [0.29, 0.717) is 0 Å². The van der Waals surface area contributed by atoms with Crippen LogP contribution >= 0.6 is 0 Å². The summed E-state index contributed by atoms with van der Waals surface area (Å²) in [6.45, 7) is 4.33. The average molecular weight is 461 g/mol. The molecule has 1 heterocycles. The summed E-state index contributed by atoms with van der Waals surface area (Å²) in [7, 11) is 0. The van der Waals surface area contributed by atoms with Gasteiger partial charge in [-0.05, 0) is 71.1 Å². The fourth-order valence-electron chi connectivity index (χ4n) is 5.74. The van der Waals surface area contributed by atoms with E-state index in [1.807, 2.05) is 6.08 Å². The van der Waals surface area contributed by atoms with Gasteiger partial charge in [-0.1, -0.05) is 55.7 Å². The highest BCUT2D eigenvalue weighted by Gasteiger charge is 2.44. The van der Waals surface area contributed by atoms with E-state index in [0.717, 1.165) is 83.5 Å². The monoisotopic (exact) mass is 460 g/mol. The molecule has 6 atom stereocenters. The van der Waals surface area contributed by atoms with Gasteiger partial charge in [-0.25, -0.2) is 9.78 Å². The van der Waals surface area contributed by atoms with Crippen molar-refractivity contribution in [1.29, 1.82) is 0 Å². The van der Waals surface area contributed by atoms with Gasteiger partial charge >= 0.3 is 0 Å². The van der Waals surface area contributed by atoms with Gasteiger partial charge in [0.05, 0.1) is 24.4 Å². The molecule has 0 bridgehead atoms. The van der Waals surface area contributed by atoms with Crippen molar-refractivity contribution >= 4 is 0 Å². The van der Waals surface area contributed by atoms with Crippen molar-refractivity contribution in [3.05, 3.63) is 36.0 Å². The fraction of sp³-hybridized carbons (Fsp3) is 0.786. The van der Waals surface area contributed by atoms with Gasteiger partial charge in [-0.3, -0.25) is 0 Å². The topological polar surface area (TPSA) is 57.2 Å².